The van der Waals surface area contributed by atoms with Crippen LogP contribution >= 0.6 is 23.2 Å². The van der Waals surface area contributed by atoms with E-state index in [-0.39, 0.29) is 6.10 Å². The lowest BCUT2D eigenvalue weighted by molar-refractivity contribution is 0.0187. The van der Waals surface area contributed by atoms with E-state index in [0.29, 0.717) is 17.6 Å². The van der Waals surface area contributed by atoms with Crippen LogP contribution in [0.25, 0.3) is 0 Å². The van der Waals surface area contributed by atoms with Gasteiger partial charge in [-0.3, -0.25) is 0 Å². The van der Waals surface area contributed by atoms with Crippen molar-refractivity contribution in [3.63, 3.8) is 0 Å². The molecule has 0 bridgehead atoms. The molecule has 2 unspecified atom stereocenters. The van der Waals surface area contributed by atoms with Gasteiger partial charge >= 0.3 is 0 Å². The van der Waals surface area contributed by atoms with Gasteiger partial charge < -0.3 is 10.1 Å². The van der Waals surface area contributed by atoms with Crippen LogP contribution in [0.5, 0.6) is 0 Å². The Labute approximate surface area is 89.2 Å². The molecule has 1 N–H and O–H groups in total. The minimum atomic E-state index is 0.263. The van der Waals surface area contributed by atoms with E-state index in [1.165, 1.54) is 5.54 Å². The first-order valence-corrected chi connectivity index (χ1v) is 5.32. The van der Waals surface area contributed by atoms with Crippen molar-refractivity contribution in [3.8, 4) is 0 Å². The Balaban J connectivity index is 2.26. The van der Waals surface area contributed by atoms with Crippen molar-refractivity contribution in [2.24, 2.45) is 5.92 Å². The molecule has 13 heavy (non-hydrogen) atoms. The Kier molecular flexibility index (Phi) is 5.10. The predicted octanol–water partition coefficient (Wildman–Crippen LogP) is 2.32. The van der Waals surface area contributed by atoms with Gasteiger partial charge in [0.15, 0.2) is 0 Å². The normalized spacial score (nSPS) is 30.5. The van der Waals surface area contributed by atoms with Gasteiger partial charge in [0.1, 0.15) is 0 Å². The van der Waals surface area contributed by atoms with Gasteiger partial charge in [-0.15, -0.1) is 0 Å². The first kappa shape index (κ1) is 11.3. The third kappa shape index (κ3) is 3.86. The Morgan fingerprint density at radius 2 is 2.46 bits per heavy atom. The van der Waals surface area contributed by atoms with Crippen LogP contribution in [0.1, 0.15) is 13.3 Å². The summed E-state index contributed by atoms with van der Waals surface area (Å²) in [4.78, 5) is 0. The van der Waals surface area contributed by atoms with Crippen molar-refractivity contribution in [2.45, 2.75) is 19.4 Å². The van der Waals surface area contributed by atoms with Crippen molar-refractivity contribution in [3.05, 3.63) is 10.6 Å². The fraction of sp³-hybridized carbons (Fsp3) is 0.778. The van der Waals surface area contributed by atoms with Crippen molar-refractivity contribution in [1.82, 2.24) is 5.32 Å². The average Bonchev–Trinajstić information content (AvgIpc) is 2.16. The van der Waals surface area contributed by atoms with Gasteiger partial charge in [-0.1, -0.05) is 30.1 Å². The summed E-state index contributed by atoms with van der Waals surface area (Å²) >= 11 is 11.1. The molecule has 4 heteroatoms. The third-order valence-electron chi connectivity index (χ3n) is 2.31. The van der Waals surface area contributed by atoms with Gasteiger partial charge in [-0.25, -0.2) is 0 Å². The van der Waals surface area contributed by atoms with E-state index < -0.39 is 0 Å². The highest BCUT2D eigenvalue weighted by Crippen LogP contribution is 2.16. The average molecular weight is 224 g/mol. The molecular weight excluding hydrogens is 209 g/mol. The number of piperidine rings is 1. The minimum Gasteiger partial charge on any atom is -0.371 e. The van der Waals surface area contributed by atoms with E-state index in [4.69, 9.17) is 27.9 Å². The summed E-state index contributed by atoms with van der Waals surface area (Å²) in [6.45, 7) is 4.61. The maximum Gasteiger partial charge on any atom is 0.0836 e. The quantitative estimate of drug-likeness (QED) is 0.794. The summed E-state index contributed by atoms with van der Waals surface area (Å²) < 4.78 is 5.60. The van der Waals surface area contributed by atoms with Crippen LogP contribution in [0.2, 0.25) is 0 Å². The van der Waals surface area contributed by atoms with E-state index in [1.54, 1.807) is 0 Å². The van der Waals surface area contributed by atoms with Crippen LogP contribution in [0, 0.1) is 5.92 Å². The predicted molar refractivity (Wildman–Crippen MR) is 56.2 cm³/mol. The van der Waals surface area contributed by atoms with Gasteiger partial charge in [0.05, 0.1) is 17.7 Å². The molecule has 0 saturated carbocycles. The second kappa shape index (κ2) is 5.86. The molecule has 0 aliphatic carbocycles. The first-order chi connectivity index (χ1) is 6.24. The fourth-order valence-electron chi connectivity index (χ4n) is 1.40. The van der Waals surface area contributed by atoms with Gasteiger partial charge in [-0.05, 0) is 18.9 Å². The van der Waals surface area contributed by atoms with Crippen molar-refractivity contribution < 1.29 is 4.74 Å². The fourth-order valence-corrected chi connectivity index (χ4v) is 1.53. The Hall–Kier alpha value is 0.240. The molecule has 0 amide bonds. The zero-order valence-electron chi connectivity index (χ0n) is 7.72. The summed E-state index contributed by atoms with van der Waals surface area (Å²) in [7, 11) is 0. The van der Waals surface area contributed by atoms with Crippen LogP contribution in [0.3, 0.4) is 0 Å². The van der Waals surface area contributed by atoms with E-state index in [9.17, 15) is 0 Å². The lowest BCUT2D eigenvalue weighted by Gasteiger charge is -2.29. The molecule has 0 spiro atoms. The molecule has 1 rings (SSSR count). The highest BCUT2D eigenvalue weighted by atomic mass is 35.5. The molecule has 0 aromatic rings. The summed E-state index contributed by atoms with van der Waals surface area (Å²) in [5.74, 6) is 0.598. The van der Waals surface area contributed by atoms with Gasteiger partial charge in [0.2, 0.25) is 0 Å². The number of hydrogen-bond acceptors (Lipinski definition) is 2. The maximum atomic E-state index is 5.72. The third-order valence-corrected chi connectivity index (χ3v) is 2.90. The monoisotopic (exact) mass is 223 g/mol. The number of ether oxygens (including phenoxy) is 1. The highest BCUT2D eigenvalue weighted by molar-refractivity contribution is 6.36. The molecule has 76 valence electrons. The van der Waals surface area contributed by atoms with E-state index >= 15 is 0 Å². The van der Waals surface area contributed by atoms with Crippen molar-refractivity contribution in [2.75, 3.05) is 19.7 Å². The lowest BCUT2D eigenvalue weighted by Crippen LogP contribution is -2.41. The Morgan fingerprint density at radius 1 is 1.69 bits per heavy atom. The lowest BCUT2D eigenvalue weighted by atomic mass is 9.97. The van der Waals surface area contributed by atoms with Crippen LogP contribution in [0.15, 0.2) is 10.6 Å². The molecule has 1 aliphatic rings. The van der Waals surface area contributed by atoms with E-state index in [0.717, 1.165) is 19.5 Å². The summed E-state index contributed by atoms with van der Waals surface area (Å²) in [5.41, 5.74) is 1.35. The summed E-state index contributed by atoms with van der Waals surface area (Å²) in [6.07, 6.45) is 1.42. The van der Waals surface area contributed by atoms with Crippen molar-refractivity contribution >= 4 is 23.2 Å². The summed E-state index contributed by atoms with van der Waals surface area (Å²) in [5, 5.41) is 3.84. The molecule has 1 saturated heterocycles. The molecule has 1 aliphatic heterocycles. The van der Waals surface area contributed by atoms with Crippen LogP contribution in [-0.2, 0) is 4.74 Å². The zero-order chi connectivity index (χ0) is 9.68. The molecule has 0 aromatic heterocycles. The van der Waals surface area contributed by atoms with Crippen LogP contribution in [-0.4, -0.2) is 25.8 Å². The molecule has 0 aromatic carbocycles. The number of rotatable bonds is 3. The zero-order valence-corrected chi connectivity index (χ0v) is 9.24. The van der Waals surface area contributed by atoms with E-state index in [1.807, 2.05) is 0 Å². The standard InChI is InChI=1S/C9H15Cl2NO/c1-7-2-3-12-5-9(7)13-6-8(11)4-10/h4,7,9,12H,2-3,5-6H2,1H3. The number of halogens is 2. The van der Waals surface area contributed by atoms with Crippen LogP contribution in [0.4, 0.5) is 0 Å². The second-order valence-corrected chi connectivity index (χ2v) is 4.08. The molecule has 2 nitrogen and oxygen atoms in total. The smallest absolute Gasteiger partial charge is 0.0836 e. The van der Waals surface area contributed by atoms with Crippen molar-refractivity contribution in [1.29, 1.82) is 0 Å². The first-order valence-electron chi connectivity index (χ1n) is 4.51. The van der Waals surface area contributed by atoms with E-state index in [2.05, 4.69) is 12.2 Å². The SMILES string of the molecule is CC1CCNCC1OCC(Cl)=CCl. The minimum absolute atomic E-state index is 0.263. The second-order valence-electron chi connectivity index (χ2n) is 3.38. The maximum absolute atomic E-state index is 5.72. The topological polar surface area (TPSA) is 21.3 Å². The molecule has 2 atom stereocenters. The molecule has 1 fully saturated rings. The van der Waals surface area contributed by atoms with Gasteiger partial charge in [0.25, 0.3) is 0 Å². The number of hydrogen-bond donors (Lipinski definition) is 1. The Morgan fingerprint density at radius 3 is 3.08 bits per heavy atom. The molecule has 1 heterocycles. The number of nitrogens with one attached hydrogen (secondary N) is 1. The van der Waals surface area contributed by atoms with Gasteiger partial charge in [-0.2, -0.15) is 0 Å². The highest BCUT2D eigenvalue weighted by Gasteiger charge is 2.21. The largest absolute Gasteiger partial charge is 0.371 e. The summed E-state index contributed by atoms with van der Waals surface area (Å²) in [6, 6.07) is 0. The molecular formula is C9H15Cl2NO. The molecule has 0 radical (unpaired) electrons. The van der Waals surface area contributed by atoms with Gasteiger partial charge in [0, 0.05) is 12.1 Å². The Bertz CT molecular complexity index is 184. The van der Waals surface area contributed by atoms with Crippen LogP contribution < -0.4 is 5.32 Å².